The molecule has 0 N–H and O–H groups in total. The summed E-state index contributed by atoms with van der Waals surface area (Å²) in [5, 5.41) is 12.4. The number of β-lactam (4-membered cyclic amide) rings is 1. The van der Waals surface area contributed by atoms with Crippen LogP contribution < -0.4 is 0 Å². The van der Waals surface area contributed by atoms with Crippen LogP contribution in [0.1, 0.15) is 11.8 Å². The second-order valence-electron chi connectivity index (χ2n) is 4.59. The van der Waals surface area contributed by atoms with Gasteiger partial charge in [0.05, 0.1) is 10.5 Å². The van der Waals surface area contributed by atoms with Crippen molar-refractivity contribution in [2.24, 2.45) is 0 Å². The summed E-state index contributed by atoms with van der Waals surface area (Å²) in [5.74, 6) is -1.14. The van der Waals surface area contributed by atoms with Gasteiger partial charge < -0.3 is 4.74 Å². The molecule has 1 saturated heterocycles. The Bertz CT molecular complexity index is 680. The van der Waals surface area contributed by atoms with Gasteiger partial charge in [-0.2, -0.15) is 0 Å². The van der Waals surface area contributed by atoms with E-state index in [1.54, 1.807) is 18.2 Å². The number of carbonyl (C=O) groups excluding carboxylic acids is 2. The van der Waals surface area contributed by atoms with E-state index in [0.717, 1.165) is 0 Å². The molecule has 1 unspecified atom stereocenters. The van der Waals surface area contributed by atoms with Gasteiger partial charge in [0.15, 0.2) is 0 Å². The van der Waals surface area contributed by atoms with Crippen LogP contribution in [0.15, 0.2) is 41.4 Å². The van der Waals surface area contributed by atoms with Crippen LogP contribution in [-0.2, 0) is 14.3 Å². The largest absolute Gasteiger partial charge is 0.389 e. The van der Waals surface area contributed by atoms with Gasteiger partial charge in [-0.25, -0.2) is 4.79 Å². The number of hydrogen-bond acceptors (Lipinski definition) is 6. The number of thioether (sulfide) groups is 1. The van der Waals surface area contributed by atoms with Crippen molar-refractivity contribution < 1.29 is 19.2 Å². The van der Waals surface area contributed by atoms with Crippen molar-refractivity contribution in [3.8, 4) is 0 Å². The summed E-state index contributed by atoms with van der Waals surface area (Å²) in [5.41, 5.74) is 0.301. The Balaban J connectivity index is 1.76. The Labute approximate surface area is 137 Å². The summed E-state index contributed by atoms with van der Waals surface area (Å²) in [4.78, 5) is 35.3. The fraction of sp³-hybridized carbons (Fsp3) is 0.231. The summed E-state index contributed by atoms with van der Waals surface area (Å²) in [6, 6.07) is 7.96. The van der Waals surface area contributed by atoms with Crippen LogP contribution in [0.2, 0.25) is 0 Å². The maximum Gasteiger partial charge on any atom is 0.383 e. The van der Waals surface area contributed by atoms with Gasteiger partial charge in [-0.1, -0.05) is 34.1 Å². The molecular formula is C13H9BrN2O5S. The van der Waals surface area contributed by atoms with Crippen molar-refractivity contribution in [2.75, 3.05) is 0 Å². The number of amides is 1. The lowest BCUT2D eigenvalue weighted by Crippen LogP contribution is -2.58. The molecule has 2 heterocycles. The molecule has 2 aliphatic rings. The van der Waals surface area contributed by atoms with Crippen molar-refractivity contribution in [1.29, 1.82) is 0 Å². The van der Waals surface area contributed by atoms with Crippen LogP contribution in [0.25, 0.3) is 0 Å². The minimum absolute atomic E-state index is 0.0403. The fourth-order valence-electron chi connectivity index (χ4n) is 2.16. The number of rotatable bonds is 4. The molecule has 0 aromatic heterocycles. The Hall–Kier alpha value is -1.87. The first kappa shape index (κ1) is 15.0. The number of alkyl halides is 1. The van der Waals surface area contributed by atoms with Crippen molar-refractivity contribution in [1.82, 2.24) is 4.90 Å². The SMILES string of the molecule is O=C(OC(c1ccccc1)[N+](=O)[O-])C1=CS[C@@H]2[C@@H](Br)C(=O)N12. The summed E-state index contributed by atoms with van der Waals surface area (Å²) in [7, 11) is 0. The van der Waals surface area contributed by atoms with Gasteiger partial charge in [-0.3, -0.25) is 19.8 Å². The number of nitro groups is 1. The maximum absolute atomic E-state index is 12.2. The van der Waals surface area contributed by atoms with Gasteiger partial charge in [0.2, 0.25) is 5.91 Å². The molecule has 0 saturated carbocycles. The van der Waals surface area contributed by atoms with E-state index < -0.39 is 17.1 Å². The van der Waals surface area contributed by atoms with E-state index >= 15 is 0 Å². The molecule has 1 amide bonds. The van der Waals surface area contributed by atoms with Crippen molar-refractivity contribution >= 4 is 39.6 Å². The number of carbonyl (C=O) groups is 2. The quantitative estimate of drug-likeness (QED) is 0.197. The van der Waals surface area contributed by atoms with Gasteiger partial charge in [0.25, 0.3) is 0 Å². The van der Waals surface area contributed by atoms with Crippen LogP contribution >= 0.6 is 27.7 Å². The summed E-state index contributed by atoms with van der Waals surface area (Å²) >= 11 is 4.51. The molecule has 0 spiro atoms. The maximum atomic E-state index is 12.2. The molecule has 2 aliphatic heterocycles. The average Bonchev–Trinajstić information content (AvgIpc) is 2.93. The van der Waals surface area contributed by atoms with Gasteiger partial charge in [0, 0.05) is 5.41 Å². The van der Waals surface area contributed by atoms with E-state index in [1.165, 1.54) is 34.2 Å². The number of halogens is 1. The third kappa shape index (κ3) is 2.40. The van der Waals surface area contributed by atoms with E-state index in [-0.39, 0.29) is 27.4 Å². The summed E-state index contributed by atoms with van der Waals surface area (Å²) < 4.78 is 4.99. The molecule has 1 fully saturated rings. The van der Waals surface area contributed by atoms with Crippen LogP contribution in [0.4, 0.5) is 0 Å². The van der Waals surface area contributed by atoms with E-state index in [1.807, 2.05) is 0 Å². The number of esters is 1. The van der Waals surface area contributed by atoms with Gasteiger partial charge in [-0.15, -0.1) is 11.8 Å². The van der Waals surface area contributed by atoms with Crippen LogP contribution in [0, 0.1) is 10.1 Å². The van der Waals surface area contributed by atoms with Gasteiger partial charge >= 0.3 is 12.2 Å². The first-order chi connectivity index (χ1) is 10.5. The summed E-state index contributed by atoms with van der Waals surface area (Å²) in [6.45, 7) is 0. The molecule has 0 bridgehead atoms. The third-order valence-corrected chi connectivity index (χ3v) is 5.62. The molecule has 3 rings (SSSR count). The number of fused-ring (bicyclic) bond motifs is 1. The fourth-order valence-corrected chi connectivity index (χ4v) is 4.07. The molecular weight excluding hydrogens is 376 g/mol. The zero-order valence-electron chi connectivity index (χ0n) is 10.9. The van der Waals surface area contributed by atoms with Crippen molar-refractivity contribution in [3.63, 3.8) is 0 Å². The minimum atomic E-state index is -1.60. The van der Waals surface area contributed by atoms with Crippen molar-refractivity contribution in [3.05, 3.63) is 57.1 Å². The predicted octanol–water partition coefficient (Wildman–Crippen LogP) is 2.03. The highest BCUT2D eigenvalue weighted by Gasteiger charge is 2.53. The smallest absolute Gasteiger partial charge is 0.383 e. The Kier molecular flexibility index (Phi) is 3.92. The highest BCUT2D eigenvalue weighted by molar-refractivity contribution is 9.10. The molecule has 1 aromatic carbocycles. The lowest BCUT2D eigenvalue weighted by Gasteiger charge is -2.39. The molecule has 9 heteroatoms. The van der Waals surface area contributed by atoms with Gasteiger partial charge in [0.1, 0.15) is 15.9 Å². The number of nitrogens with zero attached hydrogens (tertiary/aromatic N) is 2. The average molecular weight is 385 g/mol. The summed E-state index contributed by atoms with van der Waals surface area (Å²) in [6.07, 6.45) is -1.60. The Morgan fingerprint density at radius 3 is 2.73 bits per heavy atom. The van der Waals surface area contributed by atoms with E-state index in [0.29, 0.717) is 0 Å². The number of hydrogen-bond donors (Lipinski definition) is 0. The van der Waals surface area contributed by atoms with E-state index in [4.69, 9.17) is 4.74 Å². The van der Waals surface area contributed by atoms with E-state index in [2.05, 4.69) is 15.9 Å². The molecule has 7 nitrogen and oxygen atoms in total. The normalized spacial score (nSPS) is 24.1. The molecule has 0 radical (unpaired) electrons. The molecule has 1 aromatic rings. The second kappa shape index (κ2) is 5.73. The molecule has 0 aliphatic carbocycles. The zero-order chi connectivity index (χ0) is 15.9. The van der Waals surface area contributed by atoms with E-state index in [9.17, 15) is 19.7 Å². The molecule has 3 atom stereocenters. The molecule has 114 valence electrons. The van der Waals surface area contributed by atoms with Crippen LogP contribution in [0.3, 0.4) is 0 Å². The van der Waals surface area contributed by atoms with Crippen molar-refractivity contribution in [2.45, 2.75) is 16.4 Å². The lowest BCUT2D eigenvalue weighted by molar-refractivity contribution is -0.575. The van der Waals surface area contributed by atoms with Crippen LogP contribution in [-0.4, -0.2) is 31.9 Å². The monoisotopic (exact) mass is 384 g/mol. The predicted molar refractivity (Wildman–Crippen MR) is 81.3 cm³/mol. The Morgan fingerprint density at radius 1 is 1.41 bits per heavy atom. The first-order valence-corrected chi connectivity index (χ1v) is 8.08. The topological polar surface area (TPSA) is 89.7 Å². The van der Waals surface area contributed by atoms with Gasteiger partial charge in [-0.05, 0) is 12.1 Å². The van der Waals surface area contributed by atoms with Crippen LogP contribution in [0.5, 0.6) is 0 Å². The first-order valence-electron chi connectivity index (χ1n) is 6.23. The number of benzene rings is 1. The lowest BCUT2D eigenvalue weighted by atomic mass is 10.1. The Morgan fingerprint density at radius 2 is 2.09 bits per heavy atom. The highest BCUT2D eigenvalue weighted by atomic mass is 79.9. The second-order valence-corrected chi connectivity index (χ2v) is 6.57. The third-order valence-electron chi connectivity index (χ3n) is 3.26. The zero-order valence-corrected chi connectivity index (χ0v) is 13.3. The molecule has 22 heavy (non-hydrogen) atoms. The minimum Gasteiger partial charge on any atom is -0.389 e. The standard InChI is InChI=1S/C13H9BrN2O5S/c14-9-10(17)15-8(6-22-12(9)15)13(18)21-11(16(19)20)7-4-2-1-3-5-7/h1-6,9,11-12H/t9-,11?,12+/m0/s1. The highest BCUT2D eigenvalue weighted by Crippen LogP contribution is 2.44. The number of ether oxygens (including phenoxy) is 1.